The molecular weight excluding hydrogens is 174 g/mol. The Kier molecular flexibility index (Phi) is 2.20. The van der Waals surface area contributed by atoms with Crippen molar-refractivity contribution in [3.8, 4) is 6.07 Å². The van der Waals surface area contributed by atoms with Gasteiger partial charge < -0.3 is 0 Å². The Balaban J connectivity index is 2.71. The van der Waals surface area contributed by atoms with E-state index in [0.717, 1.165) is 10.6 Å². The van der Waals surface area contributed by atoms with Gasteiger partial charge in [-0.15, -0.1) is 0 Å². The van der Waals surface area contributed by atoms with Crippen LogP contribution in [-0.2, 0) is 0 Å². The third-order valence-electron chi connectivity index (χ3n) is 1.82. The number of nitrogens with zero attached hydrogens (tertiary/aromatic N) is 3. The lowest BCUT2D eigenvalue weighted by molar-refractivity contribution is 1.28. The Morgan fingerprint density at radius 2 is 2.14 bits per heavy atom. The summed E-state index contributed by atoms with van der Waals surface area (Å²) in [5.74, 6) is 0. The topological polar surface area (TPSA) is 48.5 Å². The second-order valence-corrected chi connectivity index (χ2v) is 2.78. The summed E-state index contributed by atoms with van der Waals surface area (Å²) in [6.45, 7) is 0. The lowest BCUT2D eigenvalue weighted by Gasteiger charge is -1.87. The normalized spacial score (nSPS) is 16.1. The second-order valence-electron chi connectivity index (χ2n) is 2.78. The summed E-state index contributed by atoms with van der Waals surface area (Å²) in [6.07, 6.45) is 4.68. The van der Waals surface area contributed by atoms with Crippen LogP contribution < -0.4 is 10.6 Å². The van der Waals surface area contributed by atoms with Gasteiger partial charge >= 0.3 is 0 Å². The quantitative estimate of drug-likeness (QED) is 0.539. The van der Waals surface area contributed by atoms with Gasteiger partial charge in [-0.1, -0.05) is 18.2 Å². The first-order valence-corrected chi connectivity index (χ1v) is 4.17. The first-order valence-electron chi connectivity index (χ1n) is 4.17. The fourth-order valence-electron chi connectivity index (χ4n) is 1.20. The number of hydrogen-bond donors (Lipinski definition) is 0. The van der Waals surface area contributed by atoms with Crippen LogP contribution in [0.5, 0.6) is 0 Å². The molecule has 1 aromatic rings. The largest absolute Gasteiger partial charge is 0.262 e. The molecule has 3 nitrogen and oxygen atoms in total. The molecule has 3 heteroatoms. The van der Waals surface area contributed by atoms with Crippen molar-refractivity contribution in [1.29, 1.82) is 5.26 Å². The average molecular weight is 181 g/mol. The highest BCUT2D eigenvalue weighted by molar-refractivity contribution is 5.81. The summed E-state index contributed by atoms with van der Waals surface area (Å²) in [4.78, 5) is 8.34. The first kappa shape index (κ1) is 8.39. The number of hydrogen-bond acceptors (Lipinski definition) is 3. The van der Waals surface area contributed by atoms with Crippen molar-refractivity contribution in [2.45, 2.75) is 0 Å². The van der Waals surface area contributed by atoms with Crippen molar-refractivity contribution in [2.75, 3.05) is 0 Å². The molecule has 1 aromatic carbocycles. The van der Waals surface area contributed by atoms with Crippen LogP contribution in [0.15, 0.2) is 46.0 Å². The summed E-state index contributed by atoms with van der Waals surface area (Å²) in [5.41, 5.74) is 0.578. The van der Waals surface area contributed by atoms with E-state index in [1.807, 2.05) is 30.3 Å². The molecule has 14 heavy (non-hydrogen) atoms. The standard InChI is InChI=1S/C11H7N3/c12-6-5-10-8-13-7-9-3-1-2-4-11(9)14-10/h1-5,7-8H. The molecule has 2 rings (SSSR count). The molecule has 0 bridgehead atoms. The van der Waals surface area contributed by atoms with E-state index in [0.29, 0.717) is 5.70 Å². The molecule has 0 aromatic heterocycles. The summed E-state index contributed by atoms with van der Waals surface area (Å²) in [6, 6.07) is 9.60. The molecule has 0 saturated carbocycles. The van der Waals surface area contributed by atoms with Crippen molar-refractivity contribution < 1.29 is 0 Å². The molecular formula is C11H7N3. The van der Waals surface area contributed by atoms with Crippen LogP contribution in [0.2, 0.25) is 0 Å². The summed E-state index contributed by atoms with van der Waals surface area (Å²) in [5, 5.41) is 10.3. The van der Waals surface area contributed by atoms with E-state index in [1.54, 1.807) is 12.4 Å². The predicted molar refractivity (Wildman–Crippen MR) is 53.9 cm³/mol. The van der Waals surface area contributed by atoms with E-state index in [-0.39, 0.29) is 0 Å². The minimum atomic E-state index is 0.578. The molecule has 0 radical (unpaired) electrons. The Hall–Kier alpha value is -2.21. The van der Waals surface area contributed by atoms with Gasteiger partial charge in [0.1, 0.15) is 0 Å². The number of rotatable bonds is 0. The summed E-state index contributed by atoms with van der Waals surface area (Å²) < 4.78 is 0. The smallest absolute Gasteiger partial charge is 0.0935 e. The zero-order valence-electron chi connectivity index (χ0n) is 7.38. The zero-order valence-corrected chi connectivity index (χ0v) is 7.38. The third kappa shape index (κ3) is 1.59. The van der Waals surface area contributed by atoms with Gasteiger partial charge in [-0.05, 0) is 6.07 Å². The van der Waals surface area contributed by atoms with Gasteiger partial charge in [0, 0.05) is 17.5 Å². The maximum absolute atomic E-state index is 8.50. The Bertz CT molecular complexity index is 559. The number of allylic oxidation sites excluding steroid dienone is 2. The van der Waals surface area contributed by atoms with Crippen LogP contribution in [0, 0.1) is 11.3 Å². The van der Waals surface area contributed by atoms with E-state index in [2.05, 4.69) is 9.98 Å². The number of para-hydroxylation sites is 1. The highest BCUT2D eigenvalue weighted by Crippen LogP contribution is 1.92. The van der Waals surface area contributed by atoms with Crippen LogP contribution in [0.1, 0.15) is 0 Å². The molecule has 66 valence electrons. The number of aliphatic imine (C=N–C) groups is 1. The minimum absolute atomic E-state index is 0.578. The molecule has 0 spiro atoms. The summed E-state index contributed by atoms with van der Waals surface area (Å²) >= 11 is 0. The zero-order chi connectivity index (χ0) is 9.80. The maximum atomic E-state index is 8.50. The fourth-order valence-corrected chi connectivity index (χ4v) is 1.20. The lowest BCUT2D eigenvalue weighted by atomic mass is 10.3. The fraction of sp³-hybridized carbons (Fsp3) is 0. The van der Waals surface area contributed by atoms with Gasteiger partial charge in [0.2, 0.25) is 0 Å². The van der Waals surface area contributed by atoms with Crippen LogP contribution in [-0.4, -0.2) is 6.21 Å². The molecule has 0 atom stereocenters. The maximum Gasteiger partial charge on any atom is 0.0935 e. The lowest BCUT2D eigenvalue weighted by Crippen LogP contribution is -2.23. The van der Waals surface area contributed by atoms with Gasteiger partial charge in [-0.2, -0.15) is 5.26 Å². The van der Waals surface area contributed by atoms with Crippen molar-refractivity contribution in [1.82, 2.24) is 0 Å². The molecule has 1 aliphatic heterocycles. The van der Waals surface area contributed by atoms with Gasteiger partial charge in [0.25, 0.3) is 0 Å². The van der Waals surface area contributed by atoms with Crippen LogP contribution in [0.3, 0.4) is 0 Å². The van der Waals surface area contributed by atoms with E-state index in [1.165, 1.54) is 6.08 Å². The molecule has 0 unspecified atom stereocenters. The van der Waals surface area contributed by atoms with Gasteiger partial charge in [-0.25, -0.2) is 4.99 Å². The molecule has 1 heterocycles. The van der Waals surface area contributed by atoms with Crippen molar-refractivity contribution in [2.24, 2.45) is 9.98 Å². The van der Waals surface area contributed by atoms with E-state index in [9.17, 15) is 0 Å². The monoisotopic (exact) mass is 181 g/mol. The van der Waals surface area contributed by atoms with Crippen LogP contribution in [0.4, 0.5) is 0 Å². The number of nitriles is 1. The first-order chi connectivity index (χ1) is 6.90. The highest BCUT2D eigenvalue weighted by Gasteiger charge is 1.93. The van der Waals surface area contributed by atoms with E-state index in [4.69, 9.17) is 5.26 Å². The van der Waals surface area contributed by atoms with E-state index < -0.39 is 0 Å². The van der Waals surface area contributed by atoms with E-state index >= 15 is 0 Å². The minimum Gasteiger partial charge on any atom is -0.262 e. The molecule has 0 fully saturated rings. The summed E-state index contributed by atoms with van der Waals surface area (Å²) in [7, 11) is 0. The van der Waals surface area contributed by atoms with Crippen molar-refractivity contribution in [3.63, 3.8) is 0 Å². The Morgan fingerprint density at radius 3 is 3.00 bits per heavy atom. The molecule has 0 N–H and O–H groups in total. The van der Waals surface area contributed by atoms with Crippen LogP contribution in [0.25, 0.3) is 6.20 Å². The molecule has 1 aliphatic rings. The second kappa shape index (κ2) is 3.67. The highest BCUT2D eigenvalue weighted by atomic mass is 14.8. The van der Waals surface area contributed by atoms with Crippen LogP contribution >= 0.6 is 0 Å². The predicted octanol–water partition coefficient (Wildman–Crippen LogP) is 0.536. The van der Waals surface area contributed by atoms with Gasteiger partial charge in [-0.3, -0.25) is 4.99 Å². The van der Waals surface area contributed by atoms with Gasteiger partial charge in [0.15, 0.2) is 0 Å². The third-order valence-corrected chi connectivity index (χ3v) is 1.82. The molecule has 0 aliphatic carbocycles. The number of fused-ring (bicyclic) bond motifs is 1. The SMILES string of the molecule is N#CC=C1C=NC=c2ccccc2=N1. The Morgan fingerprint density at radius 1 is 1.29 bits per heavy atom. The van der Waals surface area contributed by atoms with Crippen molar-refractivity contribution in [3.05, 3.63) is 46.6 Å². The molecule has 0 amide bonds. The van der Waals surface area contributed by atoms with Crippen molar-refractivity contribution >= 4 is 12.4 Å². The Labute approximate surface area is 81.1 Å². The average Bonchev–Trinajstić information content (AvgIpc) is 2.40. The number of benzene rings is 1. The molecule has 0 saturated heterocycles. The van der Waals surface area contributed by atoms with Gasteiger partial charge in [0.05, 0.1) is 23.3 Å².